The molecular formula is C19H19BN2O4. The van der Waals surface area contributed by atoms with E-state index < -0.39 is 31.1 Å². The van der Waals surface area contributed by atoms with Crippen molar-refractivity contribution < 1.29 is 18.9 Å². The van der Waals surface area contributed by atoms with E-state index in [9.17, 15) is 9.59 Å². The van der Waals surface area contributed by atoms with Crippen LogP contribution in [-0.2, 0) is 18.9 Å². The number of allylic oxidation sites excluding steroid dienone is 1. The summed E-state index contributed by atoms with van der Waals surface area (Å²) in [5.74, 6) is -0.869. The molecule has 1 heterocycles. The van der Waals surface area contributed by atoms with Crippen molar-refractivity contribution in [3.8, 4) is 0 Å². The largest absolute Gasteiger partial charge is 0.462 e. The van der Waals surface area contributed by atoms with Gasteiger partial charge in [-0.25, -0.2) is 0 Å². The summed E-state index contributed by atoms with van der Waals surface area (Å²) in [5, 5.41) is 5.49. The Balaban J connectivity index is 1.73. The number of carbonyl (C=O) groups is 2. The van der Waals surface area contributed by atoms with Crippen molar-refractivity contribution in [1.82, 2.24) is 0 Å². The zero-order valence-electron chi connectivity index (χ0n) is 14.1. The zero-order valence-corrected chi connectivity index (χ0v) is 14.1. The number of carbonyl (C=O) groups excluding carboxylic acids is 2. The van der Waals surface area contributed by atoms with E-state index in [1.165, 1.54) is 0 Å². The molecule has 0 saturated carbocycles. The van der Waals surface area contributed by atoms with Crippen molar-refractivity contribution in [3.63, 3.8) is 0 Å². The van der Waals surface area contributed by atoms with Gasteiger partial charge in [-0.15, -0.1) is 6.58 Å². The highest BCUT2D eigenvalue weighted by atomic mass is 16.7. The van der Waals surface area contributed by atoms with Crippen LogP contribution in [-0.4, -0.2) is 31.1 Å². The molecule has 7 heteroatoms. The molecule has 2 aromatic rings. The third-order valence-electron chi connectivity index (χ3n) is 3.83. The van der Waals surface area contributed by atoms with Crippen molar-refractivity contribution in [2.24, 2.45) is 0 Å². The van der Waals surface area contributed by atoms with Crippen LogP contribution >= 0.6 is 0 Å². The maximum absolute atomic E-state index is 12.6. The van der Waals surface area contributed by atoms with Crippen LogP contribution in [0, 0.1) is 0 Å². The molecule has 1 fully saturated rings. The monoisotopic (exact) mass is 350 g/mol. The molecule has 1 saturated heterocycles. The minimum absolute atomic E-state index is 0.379. The number of nitrogens with one attached hydrogen (secondary N) is 2. The van der Waals surface area contributed by atoms with Crippen LogP contribution < -0.4 is 10.6 Å². The average Bonchev–Trinajstić information content (AvgIpc) is 3.08. The molecular weight excluding hydrogens is 331 g/mol. The maximum atomic E-state index is 12.6. The summed E-state index contributed by atoms with van der Waals surface area (Å²) < 4.78 is 11.3. The third-order valence-corrected chi connectivity index (χ3v) is 3.83. The molecule has 0 aromatic heterocycles. The Kier molecular flexibility index (Phi) is 5.83. The molecule has 0 aliphatic carbocycles. The Morgan fingerprint density at radius 1 is 0.885 bits per heavy atom. The fourth-order valence-electron chi connectivity index (χ4n) is 2.62. The standard InChI is InChI=1S/C19H19BN2O4/c1-2-13-20-25-16(18(23)21-14-9-5-3-6-10-14)17(26-20)19(24)22-15-11-7-4-8-12-15/h2-12,16-17H,1,13H2,(H,21,23)(H,22,24)/t16-,17-/m0/s1. The molecule has 1 aliphatic heterocycles. The molecule has 6 nitrogen and oxygen atoms in total. The van der Waals surface area contributed by atoms with E-state index in [1.54, 1.807) is 30.3 Å². The van der Waals surface area contributed by atoms with Crippen molar-refractivity contribution in [3.05, 3.63) is 73.3 Å². The van der Waals surface area contributed by atoms with Gasteiger partial charge in [0.15, 0.2) is 12.2 Å². The number of anilines is 2. The summed E-state index contributed by atoms with van der Waals surface area (Å²) in [4.78, 5) is 25.2. The van der Waals surface area contributed by atoms with E-state index in [2.05, 4.69) is 17.2 Å². The van der Waals surface area contributed by atoms with Crippen molar-refractivity contribution in [1.29, 1.82) is 0 Å². The molecule has 0 bridgehead atoms. The van der Waals surface area contributed by atoms with Gasteiger partial charge in [-0.1, -0.05) is 42.5 Å². The Hall–Kier alpha value is -2.90. The Morgan fingerprint density at radius 3 is 1.69 bits per heavy atom. The molecule has 0 radical (unpaired) electrons. The van der Waals surface area contributed by atoms with Gasteiger partial charge in [0.05, 0.1) is 0 Å². The molecule has 132 valence electrons. The number of amides is 2. The fourth-order valence-corrected chi connectivity index (χ4v) is 2.62. The summed E-state index contributed by atoms with van der Waals surface area (Å²) in [6.07, 6.45) is -0.105. The average molecular weight is 350 g/mol. The van der Waals surface area contributed by atoms with Gasteiger partial charge in [-0.3, -0.25) is 9.59 Å². The molecule has 0 spiro atoms. The normalized spacial score (nSPS) is 19.0. The third kappa shape index (κ3) is 4.39. The fraction of sp³-hybridized carbons (Fsp3) is 0.158. The van der Waals surface area contributed by atoms with E-state index >= 15 is 0 Å². The van der Waals surface area contributed by atoms with Crippen LogP contribution in [0.4, 0.5) is 11.4 Å². The molecule has 2 N–H and O–H groups in total. The molecule has 2 amide bonds. The van der Waals surface area contributed by atoms with Crippen molar-refractivity contribution in [2.75, 3.05) is 10.6 Å². The summed E-state index contributed by atoms with van der Waals surface area (Å²) in [7, 11) is -0.689. The van der Waals surface area contributed by atoms with Crippen LogP contribution in [0.15, 0.2) is 73.3 Å². The number of rotatable bonds is 6. The Labute approximate surface area is 152 Å². The van der Waals surface area contributed by atoms with Crippen molar-refractivity contribution >= 4 is 30.3 Å². The highest BCUT2D eigenvalue weighted by molar-refractivity contribution is 6.47. The Morgan fingerprint density at radius 2 is 1.31 bits per heavy atom. The lowest BCUT2D eigenvalue weighted by atomic mass is 9.85. The van der Waals surface area contributed by atoms with Gasteiger partial charge in [0.1, 0.15) is 0 Å². The van der Waals surface area contributed by atoms with Crippen LogP contribution in [0.5, 0.6) is 0 Å². The predicted molar refractivity (Wildman–Crippen MR) is 101 cm³/mol. The molecule has 2 aromatic carbocycles. The smallest absolute Gasteiger partial charge is 0.396 e. The van der Waals surface area contributed by atoms with E-state index in [-0.39, 0.29) is 0 Å². The summed E-state index contributed by atoms with van der Waals surface area (Å²) in [5.41, 5.74) is 1.24. The van der Waals surface area contributed by atoms with E-state index in [0.29, 0.717) is 17.7 Å². The minimum atomic E-state index is -1.05. The lowest BCUT2D eigenvalue weighted by Crippen LogP contribution is -2.43. The SMILES string of the molecule is C=CCB1O[C@H](C(=O)Nc2ccccc2)[C@@H](C(=O)Nc2ccccc2)O1. The van der Waals surface area contributed by atoms with Gasteiger partial charge < -0.3 is 19.9 Å². The Bertz CT molecular complexity index is 708. The second-order valence-corrected chi connectivity index (χ2v) is 5.78. The van der Waals surface area contributed by atoms with Crippen LogP contribution in [0.2, 0.25) is 6.32 Å². The molecule has 1 aliphatic rings. The highest BCUT2D eigenvalue weighted by Gasteiger charge is 2.46. The van der Waals surface area contributed by atoms with E-state index in [4.69, 9.17) is 9.31 Å². The first-order valence-corrected chi connectivity index (χ1v) is 8.31. The van der Waals surface area contributed by atoms with Gasteiger partial charge in [0, 0.05) is 17.7 Å². The van der Waals surface area contributed by atoms with Gasteiger partial charge in [-0.05, 0) is 24.3 Å². The summed E-state index contributed by atoms with van der Waals surface area (Å²) in [6.45, 7) is 3.64. The first-order valence-electron chi connectivity index (χ1n) is 8.31. The van der Waals surface area contributed by atoms with Gasteiger partial charge in [0.25, 0.3) is 11.8 Å². The summed E-state index contributed by atoms with van der Waals surface area (Å²) in [6, 6.07) is 18.0. The minimum Gasteiger partial charge on any atom is -0.396 e. The lowest BCUT2D eigenvalue weighted by Gasteiger charge is -2.17. The van der Waals surface area contributed by atoms with Crippen LogP contribution in [0.1, 0.15) is 0 Å². The van der Waals surface area contributed by atoms with Gasteiger partial charge in [-0.2, -0.15) is 0 Å². The lowest BCUT2D eigenvalue weighted by molar-refractivity contribution is -0.131. The number of benzene rings is 2. The number of para-hydroxylation sites is 2. The maximum Gasteiger partial charge on any atom is 0.462 e. The van der Waals surface area contributed by atoms with Crippen LogP contribution in [0.25, 0.3) is 0 Å². The highest BCUT2D eigenvalue weighted by Crippen LogP contribution is 2.23. The first-order chi connectivity index (χ1) is 12.7. The van der Waals surface area contributed by atoms with Gasteiger partial charge >= 0.3 is 7.12 Å². The second kappa shape index (κ2) is 8.46. The first kappa shape index (κ1) is 17.9. The predicted octanol–water partition coefficient (Wildman–Crippen LogP) is 2.72. The number of hydrogen-bond acceptors (Lipinski definition) is 4. The quantitative estimate of drug-likeness (QED) is 0.620. The van der Waals surface area contributed by atoms with Gasteiger partial charge in [0.2, 0.25) is 0 Å². The molecule has 26 heavy (non-hydrogen) atoms. The zero-order chi connectivity index (χ0) is 18.4. The topological polar surface area (TPSA) is 76.7 Å². The van der Waals surface area contributed by atoms with Crippen LogP contribution in [0.3, 0.4) is 0 Å². The van der Waals surface area contributed by atoms with E-state index in [1.807, 2.05) is 36.4 Å². The van der Waals surface area contributed by atoms with E-state index in [0.717, 1.165) is 0 Å². The molecule has 0 unspecified atom stereocenters. The second-order valence-electron chi connectivity index (χ2n) is 5.78. The molecule has 2 atom stereocenters. The summed E-state index contributed by atoms with van der Waals surface area (Å²) >= 11 is 0. The number of hydrogen-bond donors (Lipinski definition) is 2. The van der Waals surface area contributed by atoms with Crippen molar-refractivity contribution in [2.45, 2.75) is 18.5 Å². The molecule has 3 rings (SSSR count).